The summed E-state index contributed by atoms with van der Waals surface area (Å²) in [7, 11) is 1.89. The molecule has 126 valence electrons. The molecular weight excluding hydrogens is 305 g/mol. The topological polar surface area (TPSA) is 46.9 Å². The van der Waals surface area contributed by atoms with Crippen LogP contribution in [-0.2, 0) is 17.4 Å². The maximum absolute atomic E-state index is 13.2. The highest BCUT2D eigenvalue weighted by atomic mass is 19.1. The van der Waals surface area contributed by atoms with Gasteiger partial charge in [0.2, 0.25) is 5.91 Å². The number of hydrogen-bond acceptors (Lipinski definition) is 2. The molecule has 0 radical (unpaired) electrons. The van der Waals surface area contributed by atoms with E-state index >= 15 is 0 Å². The minimum atomic E-state index is -0.327. The van der Waals surface area contributed by atoms with Crippen molar-refractivity contribution in [3.63, 3.8) is 0 Å². The Balaban J connectivity index is 1.50. The molecule has 2 fully saturated rings. The summed E-state index contributed by atoms with van der Waals surface area (Å²) in [5, 5.41) is 7.50. The van der Waals surface area contributed by atoms with E-state index in [4.69, 9.17) is 0 Å². The summed E-state index contributed by atoms with van der Waals surface area (Å²) in [5.41, 5.74) is 1.83. The van der Waals surface area contributed by atoms with Crippen LogP contribution in [0, 0.1) is 11.7 Å². The molecule has 1 heterocycles. The maximum Gasteiger partial charge on any atom is 0.224 e. The second kappa shape index (κ2) is 5.72. The summed E-state index contributed by atoms with van der Waals surface area (Å²) in [6.45, 7) is 0. The van der Waals surface area contributed by atoms with Gasteiger partial charge in [-0.25, -0.2) is 4.39 Å². The van der Waals surface area contributed by atoms with E-state index in [2.05, 4.69) is 10.4 Å². The summed E-state index contributed by atoms with van der Waals surface area (Å²) in [6.07, 6.45) is 8.76. The third-order valence-electron chi connectivity index (χ3n) is 5.50. The molecule has 2 saturated carbocycles. The van der Waals surface area contributed by atoms with Crippen LogP contribution >= 0.6 is 0 Å². The number of carbonyl (C=O) groups is 1. The van der Waals surface area contributed by atoms with Crippen molar-refractivity contribution in [2.75, 3.05) is 0 Å². The van der Waals surface area contributed by atoms with Gasteiger partial charge in [0, 0.05) is 19.2 Å². The highest BCUT2D eigenvalue weighted by Gasteiger charge is 2.47. The first-order valence-electron chi connectivity index (χ1n) is 8.64. The van der Waals surface area contributed by atoms with Gasteiger partial charge in [-0.3, -0.25) is 9.48 Å². The van der Waals surface area contributed by atoms with Crippen molar-refractivity contribution in [1.29, 1.82) is 0 Å². The first kappa shape index (κ1) is 15.4. The smallest absolute Gasteiger partial charge is 0.224 e. The molecule has 2 aliphatic rings. The van der Waals surface area contributed by atoms with Crippen molar-refractivity contribution in [1.82, 2.24) is 15.1 Å². The van der Waals surface area contributed by atoms with Gasteiger partial charge in [-0.1, -0.05) is 25.0 Å². The molecule has 1 aromatic heterocycles. The third-order valence-corrected chi connectivity index (χ3v) is 5.50. The fraction of sp³-hybridized carbons (Fsp3) is 0.474. The zero-order chi connectivity index (χ0) is 16.7. The average molecular weight is 327 g/mol. The van der Waals surface area contributed by atoms with Gasteiger partial charge in [-0.15, -0.1) is 0 Å². The Labute approximate surface area is 141 Å². The molecular formula is C19H22FN3O. The van der Waals surface area contributed by atoms with Crippen LogP contribution in [0.3, 0.4) is 0 Å². The van der Waals surface area contributed by atoms with Gasteiger partial charge in [0.25, 0.3) is 0 Å². The van der Waals surface area contributed by atoms with Gasteiger partial charge in [0.15, 0.2) is 0 Å². The van der Waals surface area contributed by atoms with Crippen LogP contribution in [-0.4, -0.2) is 15.7 Å². The van der Waals surface area contributed by atoms with Gasteiger partial charge in [-0.05, 0) is 48.4 Å². The van der Waals surface area contributed by atoms with Crippen molar-refractivity contribution in [2.45, 2.75) is 43.6 Å². The van der Waals surface area contributed by atoms with E-state index in [0.29, 0.717) is 0 Å². The van der Waals surface area contributed by atoms with E-state index in [9.17, 15) is 9.18 Å². The largest absolute Gasteiger partial charge is 0.346 e. The van der Waals surface area contributed by atoms with Crippen LogP contribution < -0.4 is 5.32 Å². The van der Waals surface area contributed by atoms with Crippen molar-refractivity contribution in [2.24, 2.45) is 13.0 Å². The molecule has 2 aromatic rings. The van der Waals surface area contributed by atoms with E-state index in [-0.39, 0.29) is 29.1 Å². The molecule has 4 nitrogen and oxygen atoms in total. The van der Waals surface area contributed by atoms with E-state index in [1.807, 2.05) is 31.6 Å². The Hall–Kier alpha value is -2.17. The van der Waals surface area contributed by atoms with E-state index in [1.165, 1.54) is 12.1 Å². The van der Waals surface area contributed by atoms with Gasteiger partial charge >= 0.3 is 0 Å². The highest BCUT2D eigenvalue weighted by Crippen LogP contribution is 2.48. The Bertz CT molecular complexity index is 746. The van der Waals surface area contributed by atoms with E-state index in [0.717, 1.165) is 43.2 Å². The van der Waals surface area contributed by atoms with Crippen LogP contribution in [0.15, 0.2) is 36.7 Å². The number of halogens is 1. The first-order valence-corrected chi connectivity index (χ1v) is 8.64. The summed E-state index contributed by atoms with van der Waals surface area (Å²) in [6, 6.07) is 6.59. The van der Waals surface area contributed by atoms with Crippen LogP contribution in [0.25, 0.3) is 0 Å². The second-order valence-corrected chi connectivity index (χ2v) is 7.18. The molecule has 0 aliphatic heterocycles. The lowest BCUT2D eigenvalue weighted by Gasteiger charge is -2.31. The van der Waals surface area contributed by atoms with Gasteiger partial charge < -0.3 is 5.32 Å². The number of amides is 1. The number of nitrogens with zero attached hydrogens (tertiary/aromatic N) is 2. The van der Waals surface area contributed by atoms with Crippen LogP contribution in [0.4, 0.5) is 4.39 Å². The summed E-state index contributed by atoms with van der Waals surface area (Å²) in [4.78, 5) is 12.8. The highest BCUT2D eigenvalue weighted by molar-refractivity contribution is 5.83. The van der Waals surface area contributed by atoms with E-state index in [1.54, 1.807) is 4.68 Å². The molecule has 0 saturated heterocycles. The number of aromatic nitrogens is 2. The fourth-order valence-corrected chi connectivity index (χ4v) is 4.05. The fourth-order valence-electron chi connectivity index (χ4n) is 4.05. The second-order valence-electron chi connectivity index (χ2n) is 7.18. The number of hydrogen-bond donors (Lipinski definition) is 1. The van der Waals surface area contributed by atoms with Crippen molar-refractivity contribution in [3.8, 4) is 0 Å². The number of aryl methyl sites for hydroxylation is 1. The van der Waals surface area contributed by atoms with Crippen LogP contribution in [0.2, 0.25) is 0 Å². The summed E-state index contributed by atoms with van der Waals surface area (Å²) in [5.74, 6) is 0.199. The standard InChI is InChI=1S/C19H22FN3O/c1-23-12-13(11-21-23)16-10-17(16)18(24)22-19(8-2-3-9-19)14-4-6-15(20)7-5-14/h4-7,11-12,16-17H,2-3,8-10H2,1H3,(H,22,24)/t16-,17+/m0/s1. The van der Waals surface area contributed by atoms with Gasteiger partial charge in [-0.2, -0.15) is 5.10 Å². The molecule has 0 spiro atoms. The lowest BCUT2D eigenvalue weighted by molar-refractivity contribution is -0.124. The first-order chi connectivity index (χ1) is 11.6. The number of rotatable bonds is 4. The minimum Gasteiger partial charge on any atom is -0.346 e. The molecule has 2 atom stereocenters. The minimum absolute atomic E-state index is 0.0344. The van der Waals surface area contributed by atoms with E-state index < -0.39 is 0 Å². The van der Waals surface area contributed by atoms with Crippen molar-refractivity contribution in [3.05, 3.63) is 53.6 Å². The molecule has 24 heavy (non-hydrogen) atoms. The average Bonchev–Trinajstić information content (AvgIpc) is 3.03. The molecule has 1 aromatic carbocycles. The Kier molecular flexibility index (Phi) is 3.66. The number of benzene rings is 1. The Morgan fingerprint density at radius 2 is 2.00 bits per heavy atom. The predicted octanol–water partition coefficient (Wildman–Crippen LogP) is 3.25. The molecule has 0 bridgehead atoms. The molecule has 1 N–H and O–H groups in total. The maximum atomic E-state index is 13.2. The summed E-state index contributed by atoms with van der Waals surface area (Å²) >= 11 is 0. The summed E-state index contributed by atoms with van der Waals surface area (Å²) < 4.78 is 15.0. The van der Waals surface area contributed by atoms with Crippen molar-refractivity contribution >= 4 is 5.91 Å². The zero-order valence-corrected chi connectivity index (χ0v) is 13.8. The SMILES string of the molecule is Cn1cc([C@@H]2C[C@H]2C(=O)NC2(c3ccc(F)cc3)CCCC2)cn1. The van der Waals surface area contributed by atoms with Gasteiger partial charge in [0.1, 0.15) is 5.82 Å². The Morgan fingerprint density at radius 3 is 2.62 bits per heavy atom. The molecule has 5 heteroatoms. The van der Waals surface area contributed by atoms with Gasteiger partial charge in [0.05, 0.1) is 11.7 Å². The molecule has 2 aliphatic carbocycles. The third kappa shape index (κ3) is 2.72. The Morgan fingerprint density at radius 1 is 1.29 bits per heavy atom. The number of nitrogens with one attached hydrogen (secondary N) is 1. The number of carbonyl (C=O) groups excluding carboxylic acids is 1. The lowest BCUT2D eigenvalue weighted by atomic mass is 9.87. The monoisotopic (exact) mass is 327 g/mol. The van der Waals surface area contributed by atoms with Crippen molar-refractivity contribution < 1.29 is 9.18 Å². The van der Waals surface area contributed by atoms with Crippen LogP contribution in [0.5, 0.6) is 0 Å². The normalized spacial score (nSPS) is 24.8. The molecule has 1 amide bonds. The zero-order valence-electron chi connectivity index (χ0n) is 13.8. The van der Waals surface area contributed by atoms with Crippen LogP contribution in [0.1, 0.15) is 49.1 Å². The quantitative estimate of drug-likeness (QED) is 0.937. The molecule has 4 rings (SSSR count). The molecule has 0 unspecified atom stereocenters. The lowest BCUT2D eigenvalue weighted by Crippen LogP contribution is -2.44. The predicted molar refractivity (Wildman–Crippen MR) is 88.7 cm³/mol.